The highest BCUT2D eigenvalue weighted by atomic mass is 16.1. The van der Waals surface area contributed by atoms with E-state index in [-0.39, 0.29) is 17.3 Å². The maximum atomic E-state index is 10.9. The van der Waals surface area contributed by atoms with Crippen LogP contribution in [0.5, 0.6) is 0 Å². The monoisotopic (exact) mass is 151 g/mol. The molecular formula is C6H7N4O. The van der Waals surface area contributed by atoms with Gasteiger partial charge >= 0.3 is 0 Å². The molecule has 1 aromatic heterocycles. The second kappa shape index (κ2) is 2.96. The number of nitrogen functional groups attached to an aromatic ring is 1. The lowest BCUT2D eigenvalue weighted by Gasteiger charge is -1.99. The standard InChI is InChI=1S/C6H7N4O/c1-8-6(11)4-2-9-3-10-5(4)7/h3H,1H3,(H,8,11)(H2,7,9,10). The molecule has 5 heteroatoms. The summed E-state index contributed by atoms with van der Waals surface area (Å²) in [6, 6.07) is 0. The van der Waals surface area contributed by atoms with E-state index in [9.17, 15) is 4.79 Å². The van der Waals surface area contributed by atoms with Crippen molar-refractivity contribution in [2.45, 2.75) is 0 Å². The summed E-state index contributed by atoms with van der Waals surface area (Å²) in [5.41, 5.74) is 5.53. The summed E-state index contributed by atoms with van der Waals surface area (Å²) in [5.74, 6) is -0.192. The van der Waals surface area contributed by atoms with Crippen molar-refractivity contribution in [3.8, 4) is 0 Å². The van der Waals surface area contributed by atoms with Crippen molar-refractivity contribution < 1.29 is 4.79 Å². The van der Waals surface area contributed by atoms with Crippen LogP contribution in [0.15, 0.2) is 6.33 Å². The number of nitrogens with zero attached hydrogens (tertiary/aromatic N) is 2. The number of nitrogens with one attached hydrogen (secondary N) is 1. The van der Waals surface area contributed by atoms with Gasteiger partial charge in [-0.05, 0) is 0 Å². The Labute approximate surface area is 63.7 Å². The fraction of sp³-hybridized carbons (Fsp3) is 0.167. The Balaban J connectivity index is 3.03. The topological polar surface area (TPSA) is 80.9 Å². The summed E-state index contributed by atoms with van der Waals surface area (Å²) < 4.78 is 0. The Kier molecular flexibility index (Phi) is 2.00. The minimum atomic E-state index is -0.330. The Bertz CT molecular complexity index is 273. The van der Waals surface area contributed by atoms with E-state index in [4.69, 9.17) is 5.73 Å². The van der Waals surface area contributed by atoms with Crippen molar-refractivity contribution >= 4 is 11.7 Å². The second-order valence-corrected chi connectivity index (χ2v) is 1.82. The van der Waals surface area contributed by atoms with Crippen molar-refractivity contribution in [2.24, 2.45) is 0 Å². The molecule has 3 N–H and O–H groups in total. The van der Waals surface area contributed by atoms with Crippen molar-refractivity contribution in [3.05, 3.63) is 18.1 Å². The quantitative estimate of drug-likeness (QED) is 0.551. The van der Waals surface area contributed by atoms with Crippen LogP contribution in [0.2, 0.25) is 0 Å². The number of anilines is 1. The average molecular weight is 151 g/mol. The number of carbonyl (C=O) groups excluding carboxylic acids is 1. The van der Waals surface area contributed by atoms with Gasteiger partial charge in [-0.2, -0.15) is 0 Å². The smallest absolute Gasteiger partial charge is 0.257 e. The molecule has 0 saturated heterocycles. The fourth-order valence-corrected chi connectivity index (χ4v) is 0.598. The third-order valence-electron chi connectivity index (χ3n) is 1.14. The van der Waals surface area contributed by atoms with Crippen LogP contribution in [-0.4, -0.2) is 22.9 Å². The number of hydrogen-bond donors (Lipinski definition) is 2. The van der Waals surface area contributed by atoms with E-state index >= 15 is 0 Å². The molecule has 0 spiro atoms. The number of rotatable bonds is 1. The fourth-order valence-electron chi connectivity index (χ4n) is 0.598. The minimum absolute atomic E-state index is 0.138. The molecule has 1 radical (unpaired) electrons. The summed E-state index contributed by atoms with van der Waals surface area (Å²) in [5, 5.41) is 2.39. The van der Waals surface area contributed by atoms with Gasteiger partial charge in [0.15, 0.2) is 0 Å². The van der Waals surface area contributed by atoms with Crippen LogP contribution in [0.1, 0.15) is 10.4 Å². The van der Waals surface area contributed by atoms with Crippen LogP contribution in [-0.2, 0) is 0 Å². The van der Waals surface area contributed by atoms with Crippen LogP contribution >= 0.6 is 0 Å². The molecule has 5 nitrogen and oxygen atoms in total. The molecule has 57 valence electrons. The predicted molar refractivity (Wildman–Crippen MR) is 38.7 cm³/mol. The molecule has 0 aliphatic heterocycles. The molecule has 0 saturated carbocycles. The number of nitrogens with two attached hydrogens (primary N) is 1. The van der Waals surface area contributed by atoms with E-state index in [2.05, 4.69) is 21.5 Å². The maximum absolute atomic E-state index is 10.9. The summed E-state index contributed by atoms with van der Waals surface area (Å²) >= 11 is 0. The van der Waals surface area contributed by atoms with Crippen LogP contribution in [0.25, 0.3) is 0 Å². The number of aromatic nitrogens is 2. The Morgan fingerprint density at radius 3 is 3.09 bits per heavy atom. The Hall–Kier alpha value is -1.65. The molecule has 0 fully saturated rings. The van der Waals surface area contributed by atoms with Crippen LogP contribution in [0.3, 0.4) is 0 Å². The normalized spacial score (nSPS) is 9.18. The van der Waals surface area contributed by atoms with Crippen LogP contribution in [0, 0.1) is 6.20 Å². The molecule has 1 rings (SSSR count). The van der Waals surface area contributed by atoms with Crippen molar-refractivity contribution in [3.63, 3.8) is 0 Å². The van der Waals surface area contributed by atoms with Crippen molar-refractivity contribution in [1.82, 2.24) is 15.3 Å². The molecule has 0 atom stereocenters. The van der Waals surface area contributed by atoms with Gasteiger partial charge in [-0.25, -0.2) is 9.97 Å². The molecule has 0 aliphatic rings. The Morgan fingerprint density at radius 1 is 1.82 bits per heavy atom. The van der Waals surface area contributed by atoms with Gasteiger partial charge in [0.1, 0.15) is 23.9 Å². The molecule has 1 heterocycles. The molecule has 0 bridgehead atoms. The predicted octanol–water partition coefficient (Wildman–Crippen LogP) is -0.781. The zero-order chi connectivity index (χ0) is 8.27. The number of hydrogen-bond acceptors (Lipinski definition) is 4. The first-order valence-corrected chi connectivity index (χ1v) is 2.96. The van der Waals surface area contributed by atoms with Gasteiger partial charge in [0.2, 0.25) is 0 Å². The highest BCUT2D eigenvalue weighted by molar-refractivity contribution is 5.97. The first-order chi connectivity index (χ1) is 5.25. The van der Waals surface area contributed by atoms with E-state index in [1.54, 1.807) is 0 Å². The Morgan fingerprint density at radius 2 is 2.55 bits per heavy atom. The van der Waals surface area contributed by atoms with Gasteiger partial charge in [0.05, 0.1) is 0 Å². The minimum Gasteiger partial charge on any atom is -0.383 e. The van der Waals surface area contributed by atoms with Gasteiger partial charge in [-0.15, -0.1) is 0 Å². The highest BCUT2D eigenvalue weighted by Gasteiger charge is 2.07. The number of amides is 1. The molecule has 1 aromatic rings. The molecule has 1 amide bonds. The average Bonchev–Trinajstić information content (AvgIpc) is 2.04. The van der Waals surface area contributed by atoms with Gasteiger partial charge in [-0.1, -0.05) is 0 Å². The lowest BCUT2D eigenvalue weighted by Crippen LogP contribution is -2.20. The zero-order valence-electron chi connectivity index (χ0n) is 5.96. The van der Waals surface area contributed by atoms with E-state index in [1.807, 2.05) is 0 Å². The summed E-state index contributed by atoms with van der Waals surface area (Å²) in [6.45, 7) is 0. The third kappa shape index (κ3) is 1.43. The van der Waals surface area contributed by atoms with Gasteiger partial charge in [0, 0.05) is 7.05 Å². The van der Waals surface area contributed by atoms with Gasteiger partial charge in [0.25, 0.3) is 5.91 Å². The summed E-state index contributed by atoms with van der Waals surface area (Å²) in [4.78, 5) is 18.1. The molecule has 11 heavy (non-hydrogen) atoms. The van der Waals surface area contributed by atoms with E-state index in [1.165, 1.54) is 13.4 Å². The first kappa shape index (κ1) is 7.46. The van der Waals surface area contributed by atoms with E-state index in [0.717, 1.165) is 0 Å². The molecule has 0 unspecified atom stereocenters. The largest absolute Gasteiger partial charge is 0.383 e. The lowest BCUT2D eigenvalue weighted by molar-refractivity contribution is 0.0963. The van der Waals surface area contributed by atoms with Crippen LogP contribution in [0.4, 0.5) is 5.82 Å². The van der Waals surface area contributed by atoms with E-state index in [0.29, 0.717) is 0 Å². The maximum Gasteiger partial charge on any atom is 0.257 e. The highest BCUT2D eigenvalue weighted by Crippen LogP contribution is 2.02. The molecule has 0 aliphatic carbocycles. The summed E-state index contributed by atoms with van der Waals surface area (Å²) in [6.07, 6.45) is 3.68. The van der Waals surface area contributed by atoms with Gasteiger partial charge < -0.3 is 11.1 Å². The molecule has 0 aromatic carbocycles. The third-order valence-corrected chi connectivity index (χ3v) is 1.14. The SMILES string of the molecule is CNC(=O)c1[c]ncnc1N. The van der Waals surface area contributed by atoms with E-state index < -0.39 is 0 Å². The van der Waals surface area contributed by atoms with Gasteiger partial charge in [-0.3, -0.25) is 4.79 Å². The van der Waals surface area contributed by atoms with Crippen LogP contribution < -0.4 is 11.1 Å². The zero-order valence-corrected chi connectivity index (χ0v) is 5.96. The second-order valence-electron chi connectivity index (χ2n) is 1.82. The molecular weight excluding hydrogens is 144 g/mol. The summed E-state index contributed by atoms with van der Waals surface area (Å²) in [7, 11) is 1.50. The number of carbonyl (C=O) groups is 1. The van der Waals surface area contributed by atoms with Crippen molar-refractivity contribution in [2.75, 3.05) is 12.8 Å². The van der Waals surface area contributed by atoms with Crippen molar-refractivity contribution in [1.29, 1.82) is 0 Å². The lowest BCUT2D eigenvalue weighted by atomic mass is 10.3. The first-order valence-electron chi connectivity index (χ1n) is 2.96.